The average Bonchev–Trinajstić information content (AvgIpc) is 3.66. The van der Waals surface area contributed by atoms with Gasteiger partial charge in [0.2, 0.25) is 0 Å². The number of benzene rings is 6. The molecule has 0 N–H and O–H groups in total. The number of hydrogen-bond donors (Lipinski definition) is 0. The van der Waals surface area contributed by atoms with E-state index >= 15 is 0 Å². The van der Waals surface area contributed by atoms with E-state index in [-0.39, 0.29) is 5.41 Å². The molecule has 0 radical (unpaired) electrons. The van der Waals surface area contributed by atoms with Crippen molar-refractivity contribution in [3.8, 4) is 22.3 Å². The Kier molecular flexibility index (Phi) is 7.10. The first-order valence-corrected chi connectivity index (χ1v) is 17.9. The SMILES string of the molecule is CC1(c2ccc(C3=CC=CCC3)s2)C=C(c2c3ccccc3c(-c3c(-c4ccccc4)ccc4ccccc34)c3ccccc23)C=CC1. The van der Waals surface area contributed by atoms with Crippen LogP contribution in [0.4, 0.5) is 0 Å². The maximum atomic E-state index is 2.55. The Hall–Kier alpha value is -5.24. The van der Waals surface area contributed by atoms with E-state index in [1.54, 1.807) is 0 Å². The molecule has 7 aromatic rings. The molecule has 0 nitrogen and oxygen atoms in total. The van der Waals surface area contributed by atoms with Crippen LogP contribution in [0.25, 0.3) is 65.7 Å². The second kappa shape index (κ2) is 11.8. The van der Waals surface area contributed by atoms with Crippen LogP contribution in [0.2, 0.25) is 0 Å². The smallest absolute Gasteiger partial charge is 0.0305 e. The predicted octanol–water partition coefficient (Wildman–Crippen LogP) is 13.6. The molecule has 48 heavy (non-hydrogen) atoms. The molecule has 1 atom stereocenters. The summed E-state index contributed by atoms with van der Waals surface area (Å²) in [5.41, 5.74) is 9.12. The van der Waals surface area contributed by atoms with E-state index in [0.717, 1.165) is 19.3 Å². The molecular weight excluding hydrogens is 597 g/mol. The molecule has 6 aromatic carbocycles. The summed E-state index contributed by atoms with van der Waals surface area (Å²) >= 11 is 1.97. The van der Waals surface area contributed by atoms with Crippen molar-refractivity contribution >= 4 is 54.8 Å². The van der Waals surface area contributed by atoms with Gasteiger partial charge in [-0.3, -0.25) is 0 Å². The number of thiophene rings is 1. The summed E-state index contributed by atoms with van der Waals surface area (Å²) in [6.07, 6.45) is 17.3. The van der Waals surface area contributed by atoms with E-state index in [1.807, 2.05) is 11.3 Å². The van der Waals surface area contributed by atoms with Crippen molar-refractivity contribution in [1.82, 2.24) is 0 Å². The summed E-state index contributed by atoms with van der Waals surface area (Å²) in [5, 5.41) is 7.71. The standard InChI is InChI=1S/C47H36S/c1-47(43-29-28-42(48-43)34-18-6-3-7-19-34)30-14-20-35(31-47)44-38-22-10-12-24-40(38)46(41-25-13-11-23-39(41)44)45-36-21-9-8-17-33(36)26-27-37(45)32-15-4-2-5-16-32/h2-6,8-18,20-29,31H,7,19,30H2,1H3. The van der Waals surface area contributed by atoms with Gasteiger partial charge < -0.3 is 0 Å². The third-order valence-electron chi connectivity index (χ3n) is 10.3. The molecule has 0 saturated heterocycles. The normalized spacial score (nSPS) is 17.6. The highest BCUT2D eigenvalue weighted by Crippen LogP contribution is 2.49. The first-order valence-electron chi connectivity index (χ1n) is 17.1. The van der Waals surface area contributed by atoms with Gasteiger partial charge in [0.05, 0.1) is 0 Å². The van der Waals surface area contributed by atoms with Crippen molar-refractivity contribution < 1.29 is 0 Å². The molecular formula is C47H36S. The average molecular weight is 633 g/mol. The van der Waals surface area contributed by atoms with Gasteiger partial charge in [-0.2, -0.15) is 0 Å². The Morgan fingerprint density at radius 3 is 1.96 bits per heavy atom. The maximum Gasteiger partial charge on any atom is 0.0305 e. The van der Waals surface area contributed by atoms with E-state index in [9.17, 15) is 0 Å². The fourth-order valence-corrected chi connectivity index (χ4v) is 9.13. The van der Waals surface area contributed by atoms with E-state index in [2.05, 4.69) is 171 Å². The van der Waals surface area contributed by atoms with Crippen LogP contribution in [0.1, 0.15) is 41.5 Å². The second-order valence-electron chi connectivity index (χ2n) is 13.4. The highest BCUT2D eigenvalue weighted by molar-refractivity contribution is 7.13. The maximum absolute atomic E-state index is 2.55. The van der Waals surface area contributed by atoms with Crippen molar-refractivity contribution in [2.24, 2.45) is 0 Å². The molecule has 1 heterocycles. The molecule has 1 unspecified atom stereocenters. The Morgan fingerprint density at radius 1 is 0.583 bits per heavy atom. The van der Waals surface area contributed by atoms with Crippen molar-refractivity contribution in [3.05, 3.63) is 179 Å². The summed E-state index contributed by atoms with van der Waals surface area (Å²) in [6, 6.07) is 47.2. The topological polar surface area (TPSA) is 0 Å². The zero-order valence-electron chi connectivity index (χ0n) is 27.1. The molecule has 0 saturated carbocycles. The lowest BCUT2D eigenvalue weighted by Crippen LogP contribution is -2.19. The minimum atomic E-state index is -0.0743. The van der Waals surface area contributed by atoms with Gasteiger partial charge in [-0.15, -0.1) is 11.3 Å². The molecule has 9 rings (SSSR count). The predicted molar refractivity (Wildman–Crippen MR) is 210 cm³/mol. The molecule has 230 valence electrons. The van der Waals surface area contributed by atoms with E-state index < -0.39 is 0 Å². The van der Waals surface area contributed by atoms with Crippen LogP contribution in [0.3, 0.4) is 0 Å². The van der Waals surface area contributed by atoms with Crippen molar-refractivity contribution in [2.75, 3.05) is 0 Å². The van der Waals surface area contributed by atoms with Gasteiger partial charge in [0.15, 0.2) is 0 Å². The Balaban J connectivity index is 1.30. The van der Waals surface area contributed by atoms with E-state index in [4.69, 9.17) is 0 Å². The molecule has 1 heteroatoms. The van der Waals surface area contributed by atoms with Crippen LogP contribution in [0.15, 0.2) is 164 Å². The first-order chi connectivity index (χ1) is 23.7. The van der Waals surface area contributed by atoms with Crippen molar-refractivity contribution in [3.63, 3.8) is 0 Å². The number of hydrogen-bond acceptors (Lipinski definition) is 1. The largest absolute Gasteiger partial charge is 0.140 e. The van der Waals surface area contributed by atoms with E-state index in [1.165, 1.54) is 81.0 Å². The summed E-state index contributed by atoms with van der Waals surface area (Å²) < 4.78 is 0. The lowest BCUT2D eigenvalue weighted by Gasteiger charge is -2.29. The minimum Gasteiger partial charge on any atom is -0.140 e. The summed E-state index contributed by atoms with van der Waals surface area (Å²) in [5.74, 6) is 0. The lowest BCUT2D eigenvalue weighted by molar-refractivity contribution is 0.615. The Bertz CT molecular complexity index is 2430. The molecule has 0 spiro atoms. The van der Waals surface area contributed by atoms with Crippen LogP contribution >= 0.6 is 11.3 Å². The fraction of sp³-hybridized carbons (Fsp3) is 0.106. The Labute approximate surface area is 286 Å². The third-order valence-corrected chi connectivity index (χ3v) is 11.7. The van der Waals surface area contributed by atoms with Gasteiger partial charge in [0.1, 0.15) is 0 Å². The highest BCUT2D eigenvalue weighted by Gasteiger charge is 2.30. The number of fused-ring (bicyclic) bond motifs is 3. The third kappa shape index (κ3) is 4.81. The molecule has 1 aromatic heterocycles. The van der Waals surface area contributed by atoms with Crippen molar-refractivity contribution in [1.29, 1.82) is 0 Å². The summed E-state index contributed by atoms with van der Waals surface area (Å²) in [4.78, 5) is 2.84. The van der Waals surface area contributed by atoms with Gasteiger partial charge in [-0.1, -0.05) is 159 Å². The molecule has 0 bridgehead atoms. The first kappa shape index (κ1) is 28.9. The van der Waals surface area contributed by atoms with Crippen LogP contribution in [-0.4, -0.2) is 0 Å². The zero-order valence-corrected chi connectivity index (χ0v) is 27.9. The molecule has 0 aliphatic heterocycles. The van der Waals surface area contributed by atoms with Gasteiger partial charge in [-0.25, -0.2) is 0 Å². The van der Waals surface area contributed by atoms with E-state index in [0.29, 0.717) is 0 Å². The summed E-state index contributed by atoms with van der Waals surface area (Å²) in [6.45, 7) is 2.42. The van der Waals surface area contributed by atoms with Gasteiger partial charge in [0.25, 0.3) is 0 Å². The molecule has 2 aliphatic carbocycles. The van der Waals surface area contributed by atoms with Gasteiger partial charge in [0, 0.05) is 15.2 Å². The second-order valence-corrected chi connectivity index (χ2v) is 14.4. The molecule has 0 amide bonds. The fourth-order valence-electron chi connectivity index (χ4n) is 7.94. The molecule has 2 aliphatic rings. The van der Waals surface area contributed by atoms with Crippen molar-refractivity contribution in [2.45, 2.75) is 31.6 Å². The molecule has 0 fully saturated rings. The van der Waals surface area contributed by atoms with Crippen LogP contribution in [0, 0.1) is 0 Å². The van der Waals surface area contributed by atoms with Gasteiger partial charge in [-0.05, 0) is 103 Å². The summed E-state index contributed by atoms with van der Waals surface area (Å²) in [7, 11) is 0. The quantitative estimate of drug-likeness (QED) is 0.166. The monoisotopic (exact) mass is 632 g/mol. The lowest BCUT2D eigenvalue weighted by atomic mass is 9.76. The van der Waals surface area contributed by atoms with Crippen LogP contribution in [-0.2, 0) is 5.41 Å². The Morgan fingerprint density at radius 2 is 1.25 bits per heavy atom. The zero-order chi connectivity index (χ0) is 32.1. The highest BCUT2D eigenvalue weighted by atomic mass is 32.1. The van der Waals surface area contributed by atoms with Gasteiger partial charge >= 0.3 is 0 Å². The number of rotatable bonds is 5. The van der Waals surface area contributed by atoms with Crippen LogP contribution < -0.4 is 0 Å². The number of allylic oxidation sites excluding steroid dienone is 8. The minimum absolute atomic E-state index is 0.0743. The van der Waals surface area contributed by atoms with Crippen LogP contribution in [0.5, 0.6) is 0 Å².